The Balaban J connectivity index is 2.09. The van der Waals surface area contributed by atoms with Crippen molar-refractivity contribution in [1.82, 2.24) is 4.57 Å². The van der Waals surface area contributed by atoms with E-state index >= 15 is 0 Å². The Kier molecular flexibility index (Phi) is 3.89. The predicted octanol–water partition coefficient (Wildman–Crippen LogP) is 4.19. The van der Waals surface area contributed by atoms with E-state index in [-0.39, 0.29) is 0 Å². The maximum absolute atomic E-state index is 3.50. The molecule has 17 heavy (non-hydrogen) atoms. The third-order valence-electron chi connectivity index (χ3n) is 2.92. The number of hydrogen-bond acceptors (Lipinski definition) is 1. The van der Waals surface area contributed by atoms with Crippen LogP contribution in [0.5, 0.6) is 0 Å². The third-order valence-corrected chi connectivity index (χ3v) is 3.42. The second kappa shape index (κ2) is 5.41. The number of nitrogens with one attached hydrogen (secondary N) is 1. The van der Waals surface area contributed by atoms with E-state index in [0.29, 0.717) is 0 Å². The molecule has 1 heterocycles. The molecule has 0 saturated carbocycles. The fraction of sp³-hybridized carbons (Fsp3) is 0.286. The molecule has 0 amide bonds. The molecule has 0 unspecified atom stereocenters. The van der Waals surface area contributed by atoms with Crippen LogP contribution in [0.2, 0.25) is 0 Å². The number of anilines is 1. The Bertz CT molecular complexity index is 503. The molecule has 0 spiro atoms. The zero-order valence-corrected chi connectivity index (χ0v) is 11.8. The van der Waals surface area contributed by atoms with Crippen LogP contribution < -0.4 is 5.32 Å². The van der Waals surface area contributed by atoms with E-state index in [9.17, 15) is 0 Å². The largest absolute Gasteiger partial charge is 0.379 e. The molecule has 2 rings (SSSR count). The van der Waals surface area contributed by atoms with Crippen LogP contribution in [0.25, 0.3) is 0 Å². The molecule has 0 aliphatic carbocycles. The number of aryl methyl sites for hydroxylation is 2. The molecule has 0 aliphatic rings. The lowest BCUT2D eigenvalue weighted by Crippen LogP contribution is -2.06. The molecular weight excluding hydrogens is 276 g/mol. The Morgan fingerprint density at radius 1 is 1.29 bits per heavy atom. The number of hydrogen-bond donors (Lipinski definition) is 1. The van der Waals surface area contributed by atoms with Gasteiger partial charge in [-0.05, 0) is 43.7 Å². The first kappa shape index (κ1) is 12.2. The van der Waals surface area contributed by atoms with Crippen LogP contribution >= 0.6 is 15.9 Å². The van der Waals surface area contributed by atoms with E-state index in [0.717, 1.165) is 17.6 Å². The summed E-state index contributed by atoms with van der Waals surface area (Å²) < 4.78 is 3.36. The molecule has 0 fully saturated rings. The van der Waals surface area contributed by atoms with Crippen LogP contribution in [0.3, 0.4) is 0 Å². The molecule has 2 aromatic rings. The van der Waals surface area contributed by atoms with E-state index in [1.165, 1.54) is 16.9 Å². The second-order valence-corrected chi connectivity index (χ2v) is 5.01. The first-order valence-corrected chi connectivity index (χ1v) is 6.64. The average Bonchev–Trinajstić information content (AvgIpc) is 2.77. The summed E-state index contributed by atoms with van der Waals surface area (Å²) in [6.45, 7) is 6.15. The summed E-state index contributed by atoms with van der Waals surface area (Å²) in [5.41, 5.74) is 3.76. The fourth-order valence-corrected chi connectivity index (χ4v) is 2.25. The van der Waals surface area contributed by atoms with Crippen LogP contribution in [-0.4, -0.2) is 4.57 Å². The fourth-order valence-electron chi connectivity index (χ4n) is 1.89. The highest BCUT2D eigenvalue weighted by Crippen LogP contribution is 2.21. The van der Waals surface area contributed by atoms with Gasteiger partial charge in [0, 0.05) is 28.6 Å². The van der Waals surface area contributed by atoms with Crippen LogP contribution in [0, 0.1) is 6.92 Å². The van der Waals surface area contributed by atoms with Crippen molar-refractivity contribution in [1.29, 1.82) is 0 Å². The lowest BCUT2D eigenvalue weighted by molar-refractivity contribution is 0.724. The van der Waals surface area contributed by atoms with E-state index < -0.39 is 0 Å². The molecular formula is C14H17BrN2. The van der Waals surface area contributed by atoms with Gasteiger partial charge in [0.2, 0.25) is 0 Å². The molecule has 0 radical (unpaired) electrons. The lowest BCUT2D eigenvalue weighted by Gasteiger charge is -2.11. The quantitative estimate of drug-likeness (QED) is 0.894. The standard InChI is InChI=1S/C14H17BrN2/c1-3-17-8-4-5-13(17)10-16-14-9-12(15)7-6-11(14)2/h4-9,16H,3,10H2,1-2H3. The van der Waals surface area contributed by atoms with Gasteiger partial charge in [0.25, 0.3) is 0 Å². The van der Waals surface area contributed by atoms with Gasteiger partial charge in [0.15, 0.2) is 0 Å². The molecule has 1 aromatic heterocycles. The summed E-state index contributed by atoms with van der Waals surface area (Å²) in [7, 11) is 0. The Morgan fingerprint density at radius 2 is 2.12 bits per heavy atom. The summed E-state index contributed by atoms with van der Waals surface area (Å²) in [5, 5.41) is 3.48. The maximum atomic E-state index is 3.50. The highest BCUT2D eigenvalue weighted by molar-refractivity contribution is 9.10. The van der Waals surface area contributed by atoms with Gasteiger partial charge in [-0.25, -0.2) is 0 Å². The smallest absolute Gasteiger partial charge is 0.0553 e. The summed E-state index contributed by atoms with van der Waals surface area (Å²) in [6, 6.07) is 10.5. The summed E-state index contributed by atoms with van der Waals surface area (Å²) in [6.07, 6.45) is 2.12. The van der Waals surface area contributed by atoms with Crippen LogP contribution in [-0.2, 0) is 13.1 Å². The molecule has 90 valence electrons. The van der Waals surface area contributed by atoms with Crippen molar-refractivity contribution in [3.05, 3.63) is 52.3 Å². The van der Waals surface area contributed by atoms with Crippen molar-refractivity contribution < 1.29 is 0 Å². The number of benzene rings is 1. The van der Waals surface area contributed by atoms with Gasteiger partial charge in [-0.1, -0.05) is 22.0 Å². The van der Waals surface area contributed by atoms with Crippen LogP contribution in [0.15, 0.2) is 41.0 Å². The van der Waals surface area contributed by atoms with Gasteiger partial charge in [-0.15, -0.1) is 0 Å². The minimum atomic E-state index is 0.859. The normalized spacial score (nSPS) is 10.5. The molecule has 0 atom stereocenters. The number of nitrogens with zero attached hydrogens (tertiary/aromatic N) is 1. The molecule has 0 bridgehead atoms. The molecule has 0 saturated heterocycles. The van der Waals surface area contributed by atoms with Crippen LogP contribution in [0.1, 0.15) is 18.2 Å². The van der Waals surface area contributed by atoms with Crippen molar-refractivity contribution >= 4 is 21.6 Å². The highest BCUT2D eigenvalue weighted by atomic mass is 79.9. The minimum absolute atomic E-state index is 0.859. The van der Waals surface area contributed by atoms with Gasteiger partial charge in [0.1, 0.15) is 0 Å². The summed E-state index contributed by atoms with van der Waals surface area (Å²) in [5.74, 6) is 0. The first-order chi connectivity index (χ1) is 8.20. The van der Waals surface area contributed by atoms with E-state index in [2.05, 4.69) is 76.2 Å². The van der Waals surface area contributed by atoms with Crippen molar-refractivity contribution in [3.63, 3.8) is 0 Å². The monoisotopic (exact) mass is 292 g/mol. The van der Waals surface area contributed by atoms with E-state index in [4.69, 9.17) is 0 Å². The van der Waals surface area contributed by atoms with Crippen molar-refractivity contribution in [3.8, 4) is 0 Å². The first-order valence-electron chi connectivity index (χ1n) is 5.84. The number of aromatic nitrogens is 1. The highest BCUT2D eigenvalue weighted by Gasteiger charge is 2.01. The molecule has 0 aliphatic heterocycles. The number of halogens is 1. The average molecular weight is 293 g/mol. The molecule has 3 heteroatoms. The second-order valence-electron chi connectivity index (χ2n) is 4.10. The lowest BCUT2D eigenvalue weighted by atomic mass is 10.2. The molecule has 1 N–H and O–H groups in total. The Hall–Kier alpha value is -1.22. The van der Waals surface area contributed by atoms with E-state index in [1.54, 1.807) is 0 Å². The van der Waals surface area contributed by atoms with Gasteiger partial charge in [0.05, 0.1) is 6.54 Å². The predicted molar refractivity (Wildman–Crippen MR) is 76.3 cm³/mol. The zero-order valence-electron chi connectivity index (χ0n) is 10.2. The van der Waals surface area contributed by atoms with Crippen molar-refractivity contribution in [2.75, 3.05) is 5.32 Å². The minimum Gasteiger partial charge on any atom is -0.379 e. The van der Waals surface area contributed by atoms with Gasteiger partial charge in [-0.2, -0.15) is 0 Å². The Morgan fingerprint density at radius 3 is 2.88 bits per heavy atom. The molecule has 2 nitrogen and oxygen atoms in total. The third kappa shape index (κ3) is 2.91. The molecule has 1 aromatic carbocycles. The van der Waals surface area contributed by atoms with E-state index in [1.807, 2.05) is 0 Å². The summed E-state index contributed by atoms with van der Waals surface area (Å²) in [4.78, 5) is 0. The van der Waals surface area contributed by atoms with Crippen molar-refractivity contribution in [2.45, 2.75) is 26.9 Å². The summed E-state index contributed by atoms with van der Waals surface area (Å²) >= 11 is 3.50. The zero-order chi connectivity index (χ0) is 12.3. The SMILES string of the molecule is CCn1cccc1CNc1cc(Br)ccc1C. The topological polar surface area (TPSA) is 17.0 Å². The maximum Gasteiger partial charge on any atom is 0.0553 e. The van der Waals surface area contributed by atoms with Gasteiger partial charge >= 0.3 is 0 Å². The Labute approximate surface area is 111 Å². The van der Waals surface area contributed by atoms with Crippen molar-refractivity contribution in [2.24, 2.45) is 0 Å². The van der Waals surface area contributed by atoms with Crippen LogP contribution in [0.4, 0.5) is 5.69 Å². The van der Waals surface area contributed by atoms with Gasteiger partial charge < -0.3 is 9.88 Å². The van der Waals surface area contributed by atoms with Gasteiger partial charge in [-0.3, -0.25) is 0 Å². The number of rotatable bonds is 4.